The van der Waals surface area contributed by atoms with E-state index in [1.165, 1.54) is 11.8 Å². The maximum Gasteiger partial charge on any atom is 0.304 e. The second-order valence-corrected chi connectivity index (χ2v) is 4.14. The topological polar surface area (TPSA) is 76.0 Å². The molecule has 82 valence electrons. The van der Waals surface area contributed by atoms with Gasteiger partial charge in [-0.2, -0.15) is 0 Å². The molecule has 0 saturated heterocycles. The van der Waals surface area contributed by atoms with Crippen molar-refractivity contribution >= 4 is 28.8 Å². The van der Waals surface area contributed by atoms with Crippen molar-refractivity contribution in [3.05, 3.63) is 24.3 Å². The van der Waals surface area contributed by atoms with Crippen LogP contribution in [0.5, 0.6) is 0 Å². The predicted octanol–water partition coefficient (Wildman–Crippen LogP) is 1.59. The summed E-state index contributed by atoms with van der Waals surface area (Å²) in [6, 6.07) is 7.44. The molecule has 0 amide bonds. The van der Waals surface area contributed by atoms with Crippen molar-refractivity contribution in [3.63, 3.8) is 0 Å². The van der Waals surface area contributed by atoms with Crippen molar-refractivity contribution < 1.29 is 9.90 Å². The Kier molecular flexibility index (Phi) is 3.31. The van der Waals surface area contributed by atoms with E-state index in [2.05, 4.69) is 15.2 Å². The number of hydrogen-bond acceptors (Lipinski definition) is 5. The fourth-order valence-electron chi connectivity index (χ4n) is 1.16. The highest BCUT2D eigenvalue weighted by Gasteiger charge is 2.03. The fourth-order valence-corrected chi connectivity index (χ4v) is 1.88. The smallest absolute Gasteiger partial charge is 0.304 e. The van der Waals surface area contributed by atoms with Crippen LogP contribution >= 0.6 is 11.8 Å². The van der Waals surface area contributed by atoms with E-state index in [1.54, 1.807) is 0 Å². The molecular formula is C10H9N3O2S. The van der Waals surface area contributed by atoms with Gasteiger partial charge >= 0.3 is 5.97 Å². The van der Waals surface area contributed by atoms with E-state index >= 15 is 0 Å². The molecule has 0 spiro atoms. The van der Waals surface area contributed by atoms with Gasteiger partial charge in [0, 0.05) is 5.75 Å². The molecule has 6 heteroatoms. The maximum atomic E-state index is 10.3. The quantitative estimate of drug-likeness (QED) is 0.811. The van der Waals surface area contributed by atoms with Crippen LogP contribution in [0.4, 0.5) is 0 Å². The van der Waals surface area contributed by atoms with Gasteiger partial charge in [-0.3, -0.25) is 4.79 Å². The van der Waals surface area contributed by atoms with Crippen LogP contribution in [-0.2, 0) is 4.79 Å². The lowest BCUT2D eigenvalue weighted by molar-refractivity contribution is -0.136. The van der Waals surface area contributed by atoms with Crippen LogP contribution in [0.2, 0.25) is 0 Å². The van der Waals surface area contributed by atoms with E-state index in [9.17, 15) is 4.79 Å². The standard InChI is InChI=1S/C10H9N3O2S/c14-9(15)5-6-16-10-11-7-3-1-2-4-8(7)12-13-10/h1-4H,5-6H2,(H,14,15). The van der Waals surface area contributed by atoms with Crippen LogP contribution in [-0.4, -0.2) is 32.0 Å². The second kappa shape index (κ2) is 4.89. The highest BCUT2D eigenvalue weighted by molar-refractivity contribution is 7.99. The van der Waals surface area contributed by atoms with Crippen molar-refractivity contribution in [1.29, 1.82) is 0 Å². The molecule has 0 fully saturated rings. The first-order valence-corrected chi connectivity index (χ1v) is 5.68. The van der Waals surface area contributed by atoms with Gasteiger partial charge in [-0.1, -0.05) is 23.9 Å². The van der Waals surface area contributed by atoms with Crippen molar-refractivity contribution in [2.75, 3.05) is 5.75 Å². The molecule has 0 aliphatic carbocycles. The summed E-state index contributed by atoms with van der Waals surface area (Å²) in [5, 5.41) is 16.9. The van der Waals surface area contributed by atoms with Crippen LogP contribution in [0.1, 0.15) is 6.42 Å². The molecule has 2 aromatic rings. The van der Waals surface area contributed by atoms with E-state index < -0.39 is 5.97 Å². The normalized spacial score (nSPS) is 10.5. The van der Waals surface area contributed by atoms with Gasteiger partial charge in [-0.25, -0.2) is 4.98 Å². The molecule has 1 N–H and O–H groups in total. The zero-order chi connectivity index (χ0) is 11.4. The van der Waals surface area contributed by atoms with E-state index in [4.69, 9.17) is 5.11 Å². The Morgan fingerprint density at radius 2 is 2.00 bits per heavy atom. The summed E-state index contributed by atoms with van der Waals surface area (Å²) in [6.45, 7) is 0. The molecule has 0 bridgehead atoms. The van der Waals surface area contributed by atoms with Crippen molar-refractivity contribution in [1.82, 2.24) is 15.2 Å². The Balaban J connectivity index is 2.10. The number of rotatable bonds is 4. The average Bonchev–Trinajstić information content (AvgIpc) is 2.28. The number of para-hydroxylation sites is 1. The molecule has 0 aliphatic heterocycles. The number of carboxylic acid groups (broad SMARTS) is 1. The Labute approximate surface area is 95.9 Å². The lowest BCUT2D eigenvalue weighted by Crippen LogP contribution is -1.98. The van der Waals surface area contributed by atoms with Crippen LogP contribution in [0.25, 0.3) is 11.0 Å². The van der Waals surface area contributed by atoms with Gasteiger partial charge in [-0.15, -0.1) is 10.2 Å². The number of nitrogens with zero attached hydrogens (tertiary/aromatic N) is 3. The number of thioether (sulfide) groups is 1. The van der Waals surface area contributed by atoms with Gasteiger partial charge in [0.1, 0.15) is 5.52 Å². The minimum atomic E-state index is -0.818. The first-order valence-electron chi connectivity index (χ1n) is 4.70. The summed E-state index contributed by atoms with van der Waals surface area (Å²) in [6.07, 6.45) is 0.0981. The Hall–Kier alpha value is -1.69. The van der Waals surface area contributed by atoms with E-state index in [1.807, 2.05) is 24.3 Å². The first kappa shape index (κ1) is 10.8. The van der Waals surface area contributed by atoms with Gasteiger partial charge in [0.25, 0.3) is 0 Å². The largest absolute Gasteiger partial charge is 0.481 e. The number of aliphatic carboxylic acids is 1. The summed E-state index contributed by atoms with van der Waals surface area (Å²) < 4.78 is 0. The van der Waals surface area contributed by atoms with Crippen molar-refractivity contribution in [2.24, 2.45) is 0 Å². The Morgan fingerprint density at radius 3 is 2.75 bits per heavy atom. The van der Waals surface area contributed by atoms with Crippen molar-refractivity contribution in [3.8, 4) is 0 Å². The molecule has 2 rings (SSSR count). The molecule has 1 aromatic heterocycles. The van der Waals surface area contributed by atoms with E-state index in [0.717, 1.165) is 11.0 Å². The minimum absolute atomic E-state index is 0.0981. The van der Waals surface area contributed by atoms with Crippen LogP contribution < -0.4 is 0 Å². The summed E-state index contributed by atoms with van der Waals surface area (Å²) >= 11 is 1.30. The summed E-state index contributed by atoms with van der Waals surface area (Å²) in [5.41, 5.74) is 1.51. The number of benzene rings is 1. The van der Waals surface area contributed by atoms with Gasteiger partial charge in [0.2, 0.25) is 5.16 Å². The van der Waals surface area contributed by atoms with Crippen molar-refractivity contribution in [2.45, 2.75) is 11.6 Å². The molecule has 0 radical (unpaired) electrons. The molecule has 0 saturated carbocycles. The molecular weight excluding hydrogens is 226 g/mol. The number of fused-ring (bicyclic) bond motifs is 1. The zero-order valence-electron chi connectivity index (χ0n) is 8.33. The zero-order valence-corrected chi connectivity index (χ0v) is 9.15. The van der Waals surface area contributed by atoms with Crippen LogP contribution in [0.3, 0.4) is 0 Å². The van der Waals surface area contributed by atoms with E-state index in [0.29, 0.717) is 10.9 Å². The molecule has 5 nitrogen and oxygen atoms in total. The third-order valence-electron chi connectivity index (χ3n) is 1.89. The third-order valence-corrected chi connectivity index (χ3v) is 2.73. The first-order chi connectivity index (χ1) is 7.75. The Morgan fingerprint density at radius 1 is 1.25 bits per heavy atom. The number of carbonyl (C=O) groups is 1. The monoisotopic (exact) mass is 235 g/mol. The molecule has 0 aliphatic rings. The van der Waals surface area contributed by atoms with Gasteiger partial charge in [-0.05, 0) is 12.1 Å². The molecule has 1 aromatic carbocycles. The number of hydrogen-bond donors (Lipinski definition) is 1. The highest BCUT2D eigenvalue weighted by Crippen LogP contribution is 2.15. The molecule has 0 unspecified atom stereocenters. The summed E-state index contributed by atoms with van der Waals surface area (Å²) in [5.74, 6) is -0.365. The molecule has 0 atom stereocenters. The van der Waals surface area contributed by atoms with Gasteiger partial charge in [0.15, 0.2) is 0 Å². The SMILES string of the molecule is O=C(O)CCSc1nnc2ccccc2n1. The molecule has 1 heterocycles. The minimum Gasteiger partial charge on any atom is -0.481 e. The third kappa shape index (κ3) is 2.66. The maximum absolute atomic E-state index is 10.3. The highest BCUT2D eigenvalue weighted by atomic mass is 32.2. The van der Waals surface area contributed by atoms with Gasteiger partial charge < -0.3 is 5.11 Å². The predicted molar refractivity (Wildman–Crippen MR) is 60.3 cm³/mol. The average molecular weight is 235 g/mol. The summed E-state index contributed by atoms with van der Waals surface area (Å²) in [7, 11) is 0. The lowest BCUT2D eigenvalue weighted by Gasteiger charge is -1.99. The lowest BCUT2D eigenvalue weighted by atomic mass is 10.3. The summed E-state index contributed by atoms with van der Waals surface area (Å²) in [4.78, 5) is 14.6. The number of carboxylic acids is 1. The molecule has 16 heavy (non-hydrogen) atoms. The second-order valence-electron chi connectivity index (χ2n) is 3.08. The van der Waals surface area contributed by atoms with E-state index in [-0.39, 0.29) is 6.42 Å². The fraction of sp³-hybridized carbons (Fsp3) is 0.200. The van der Waals surface area contributed by atoms with Crippen LogP contribution in [0, 0.1) is 0 Å². The number of aromatic nitrogens is 3. The van der Waals surface area contributed by atoms with Crippen LogP contribution in [0.15, 0.2) is 29.4 Å². The van der Waals surface area contributed by atoms with Gasteiger partial charge in [0.05, 0.1) is 11.9 Å². The Bertz CT molecular complexity index is 518.